The summed E-state index contributed by atoms with van der Waals surface area (Å²) in [5.41, 5.74) is 0.624. The smallest absolute Gasteiger partial charge is 0.261 e. The lowest BCUT2D eigenvalue weighted by molar-refractivity contribution is 0.0983. The van der Waals surface area contributed by atoms with Crippen LogP contribution < -0.4 is 9.64 Å². The first-order valence-electron chi connectivity index (χ1n) is 6.65. The van der Waals surface area contributed by atoms with E-state index in [1.54, 1.807) is 12.1 Å². The molecule has 1 aliphatic heterocycles. The minimum absolute atomic E-state index is 0.0285. The molecule has 0 fully saturated rings. The molecule has 5 heteroatoms. The van der Waals surface area contributed by atoms with Gasteiger partial charge in [0.25, 0.3) is 5.91 Å². The summed E-state index contributed by atoms with van der Waals surface area (Å²) < 4.78 is 19.5. The van der Waals surface area contributed by atoms with Crippen LogP contribution in [0.15, 0.2) is 42.5 Å². The molecule has 0 spiro atoms. The molecule has 21 heavy (non-hydrogen) atoms. The van der Waals surface area contributed by atoms with E-state index in [0.29, 0.717) is 36.0 Å². The molecule has 3 rings (SSSR count). The van der Waals surface area contributed by atoms with Gasteiger partial charge in [-0.25, -0.2) is 4.39 Å². The van der Waals surface area contributed by atoms with Gasteiger partial charge in [0.2, 0.25) is 0 Å². The highest BCUT2D eigenvalue weighted by Crippen LogP contribution is 2.32. The van der Waals surface area contributed by atoms with Gasteiger partial charge in [-0.1, -0.05) is 23.7 Å². The number of nitrogens with zero attached hydrogens (tertiary/aromatic N) is 1. The van der Waals surface area contributed by atoms with Crippen LogP contribution in [0.1, 0.15) is 16.8 Å². The van der Waals surface area contributed by atoms with E-state index in [9.17, 15) is 9.18 Å². The van der Waals surface area contributed by atoms with E-state index in [1.807, 2.05) is 12.1 Å². The first kappa shape index (κ1) is 13.9. The lowest BCUT2D eigenvalue weighted by atomic mass is 10.1. The third kappa shape index (κ3) is 2.72. The maximum atomic E-state index is 13.9. The number of amides is 1. The average Bonchev–Trinajstić information content (AvgIpc) is 2.71. The number of fused-ring (bicyclic) bond motifs is 1. The van der Waals surface area contributed by atoms with Gasteiger partial charge in [-0.15, -0.1) is 0 Å². The maximum Gasteiger partial charge on any atom is 0.261 e. The van der Waals surface area contributed by atoms with Crippen molar-refractivity contribution >= 4 is 23.2 Å². The summed E-state index contributed by atoms with van der Waals surface area (Å²) in [7, 11) is 0. The molecule has 3 nitrogen and oxygen atoms in total. The molecule has 0 radical (unpaired) electrons. The largest absolute Gasteiger partial charge is 0.491 e. The molecule has 0 aliphatic carbocycles. The summed E-state index contributed by atoms with van der Waals surface area (Å²) in [5.74, 6) is -0.356. The van der Waals surface area contributed by atoms with Crippen LogP contribution in [0.5, 0.6) is 5.75 Å². The van der Waals surface area contributed by atoms with Crippen molar-refractivity contribution in [2.45, 2.75) is 6.42 Å². The molecular formula is C16H13ClFNO2. The minimum Gasteiger partial charge on any atom is -0.491 e. The zero-order chi connectivity index (χ0) is 14.8. The second-order valence-electron chi connectivity index (χ2n) is 4.75. The number of anilines is 1. The van der Waals surface area contributed by atoms with Crippen molar-refractivity contribution in [1.29, 1.82) is 0 Å². The lowest BCUT2D eigenvalue weighted by Crippen LogP contribution is -2.32. The number of carbonyl (C=O) groups excluding carboxylic acids is 1. The highest BCUT2D eigenvalue weighted by Gasteiger charge is 2.25. The number of carbonyl (C=O) groups is 1. The predicted molar refractivity (Wildman–Crippen MR) is 79.6 cm³/mol. The molecule has 1 aliphatic rings. The van der Waals surface area contributed by atoms with Crippen LogP contribution in [0, 0.1) is 5.82 Å². The second-order valence-corrected chi connectivity index (χ2v) is 5.19. The van der Waals surface area contributed by atoms with Crippen LogP contribution in [-0.2, 0) is 0 Å². The van der Waals surface area contributed by atoms with Crippen molar-refractivity contribution in [3.8, 4) is 5.75 Å². The van der Waals surface area contributed by atoms with Crippen molar-refractivity contribution in [3.05, 3.63) is 58.9 Å². The van der Waals surface area contributed by atoms with Crippen molar-refractivity contribution in [2.24, 2.45) is 0 Å². The molecule has 2 aromatic rings. The van der Waals surface area contributed by atoms with Gasteiger partial charge in [0.05, 0.1) is 17.9 Å². The Kier molecular flexibility index (Phi) is 3.80. The maximum absolute atomic E-state index is 13.9. The Morgan fingerprint density at radius 2 is 2.05 bits per heavy atom. The summed E-state index contributed by atoms with van der Waals surface area (Å²) in [6.07, 6.45) is 0.683. The van der Waals surface area contributed by atoms with Crippen LogP contribution >= 0.6 is 11.6 Å². The summed E-state index contributed by atoms with van der Waals surface area (Å²) in [6, 6.07) is 11.2. The summed E-state index contributed by atoms with van der Waals surface area (Å²) in [4.78, 5) is 14.2. The number of halogens is 2. The molecule has 108 valence electrons. The fraction of sp³-hybridized carbons (Fsp3) is 0.188. The van der Waals surface area contributed by atoms with E-state index in [2.05, 4.69) is 0 Å². The Morgan fingerprint density at radius 3 is 2.90 bits per heavy atom. The molecule has 0 atom stereocenters. The molecule has 0 aromatic heterocycles. The number of para-hydroxylation sites is 2. The molecule has 0 bridgehead atoms. The third-order valence-electron chi connectivity index (χ3n) is 3.34. The minimum atomic E-state index is -0.577. The topological polar surface area (TPSA) is 29.5 Å². The lowest BCUT2D eigenvalue weighted by Gasteiger charge is -2.22. The van der Waals surface area contributed by atoms with E-state index in [4.69, 9.17) is 16.3 Å². The van der Waals surface area contributed by atoms with Crippen LogP contribution in [0.3, 0.4) is 0 Å². The fourth-order valence-corrected chi connectivity index (χ4v) is 2.52. The standard InChI is InChI=1S/C16H13ClFNO2/c17-11-6-7-13(18)12(10-11)16(20)19-8-3-9-21-15-5-2-1-4-14(15)19/h1-2,4-7,10H,3,8-9H2. The van der Waals surface area contributed by atoms with Gasteiger partial charge in [-0.3, -0.25) is 4.79 Å². The quantitative estimate of drug-likeness (QED) is 0.799. The van der Waals surface area contributed by atoms with Crippen LogP contribution in [0.2, 0.25) is 5.02 Å². The van der Waals surface area contributed by atoms with E-state index in [-0.39, 0.29) is 5.56 Å². The van der Waals surface area contributed by atoms with Crippen LogP contribution in [-0.4, -0.2) is 19.1 Å². The molecule has 0 saturated heterocycles. The van der Waals surface area contributed by atoms with Gasteiger partial charge in [-0.2, -0.15) is 0 Å². The second kappa shape index (κ2) is 5.74. The highest BCUT2D eigenvalue weighted by atomic mass is 35.5. The SMILES string of the molecule is O=C(c1cc(Cl)ccc1F)N1CCCOc2ccccc21. The Bertz CT molecular complexity index is 690. The highest BCUT2D eigenvalue weighted by molar-refractivity contribution is 6.31. The molecule has 0 unspecified atom stereocenters. The Labute approximate surface area is 126 Å². The zero-order valence-corrected chi connectivity index (χ0v) is 11.9. The molecule has 1 heterocycles. The van der Waals surface area contributed by atoms with E-state index >= 15 is 0 Å². The van der Waals surface area contributed by atoms with Crippen molar-refractivity contribution in [3.63, 3.8) is 0 Å². The number of benzene rings is 2. The number of rotatable bonds is 1. The number of ether oxygens (including phenoxy) is 1. The monoisotopic (exact) mass is 305 g/mol. The van der Waals surface area contributed by atoms with Gasteiger partial charge in [0.15, 0.2) is 0 Å². The average molecular weight is 306 g/mol. The van der Waals surface area contributed by atoms with Gasteiger partial charge < -0.3 is 9.64 Å². The van der Waals surface area contributed by atoms with Crippen LogP contribution in [0.25, 0.3) is 0 Å². The first-order valence-corrected chi connectivity index (χ1v) is 7.03. The zero-order valence-electron chi connectivity index (χ0n) is 11.2. The van der Waals surface area contributed by atoms with Crippen LogP contribution in [0.4, 0.5) is 10.1 Å². The van der Waals surface area contributed by atoms with E-state index in [1.165, 1.54) is 23.1 Å². The Hall–Kier alpha value is -2.07. The molecule has 1 amide bonds. The molecule has 2 aromatic carbocycles. The predicted octanol–water partition coefficient (Wildman–Crippen LogP) is 3.91. The van der Waals surface area contributed by atoms with Gasteiger partial charge in [0.1, 0.15) is 11.6 Å². The van der Waals surface area contributed by atoms with Crippen molar-refractivity contribution in [1.82, 2.24) is 0 Å². The Balaban J connectivity index is 2.03. The number of hydrogen-bond donors (Lipinski definition) is 0. The van der Waals surface area contributed by atoms with Gasteiger partial charge in [-0.05, 0) is 36.8 Å². The summed E-state index contributed by atoms with van der Waals surface area (Å²) in [6.45, 7) is 1.00. The van der Waals surface area contributed by atoms with E-state index in [0.717, 1.165) is 0 Å². The molecule has 0 saturated carbocycles. The summed E-state index contributed by atoms with van der Waals surface area (Å²) >= 11 is 5.87. The van der Waals surface area contributed by atoms with Crippen molar-refractivity contribution in [2.75, 3.05) is 18.1 Å². The Morgan fingerprint density at radius 1 is 1.24 bits per heavy atom. The first-order chi connectivity index (χ1) is 10.2. The summed E-state index contributed by atoms with van der Waals surface area (Å²) in [5, 5.41) is 0.333. The molecular weight excluding hydrogens is 293 g/mol. The van der Waals surface area contributed by atoms with E-state index < -0.39 is 11.7 Å². The van der Waals surface area contributed by atoms with Crippen molar-refractivity contribution < 1.29 is 13.9 Å². The fourth-order valence-electron chi connectivity index (χ4n) is 2.35. The number of hydrogen-bond acceptors (Lipinski definition) is 2. The normalized spacial score (nSPS) is 14.1. The third-order valence-corrected chi connectivity index (χ3v) is 3.58. The molecule has 0 N–H and O–H groups in total. The van der Waals surface area contributed by atoms with Gasteiger partial charge in [0, 0.05) is 11.6 Å². The van der Waals surface area contributed by atoms with Gasteiger partial charge >= 0.3 is 0 Å².